The van der Waals surface area contributed by atoms with Crippen LogP contribution >= 0.6 is 0 Å². The van der Waals surface area contributed by atoms with Crippen LogP contribution in [0.15, 0.2) is 18.6 Å². The number of rotatable bonds is 4. The predicted molar refractivity (Wildman–Crippen MR) is 49.8 cm³/mol. The molecule has 13 heavy (non-hydrogen) atoms. The van der Waals surface area contributed by atoms with Crippen LogP contribution in [0.25, 0.3) is 0 Å². The molecule has 4 nitrogen and oxygen atoms in total. The molecule has 0 bridgehead atoms. The lowest BCUT2D eigenvalue weighted by molar-refractivity contribution is 0.105. The lowest BCUT2D eigenvalue weighted by atomic mass is 9.97. The van der Waals surface area contributed by atoms with E-state index in [1.54, 1.807) is 18.6 Å². The molecule has 0 fully saturated rings. The van der Waals surface area contributed by atoms with Crippen LogP contribution in [-0.2, 0) is 0 Å². The zero-order valence-corrected chi connectivity index (χ0v) is 7.72. The molecule has 0 radical (unpaired) electrons. The van der Waals surface area contributed by atoms with Gasteiger partial charge in [0, 0.05) is 18.3 Å². The third-order valence-electron chi connectivity index (χ3n) is 2.16. The standard InChI is InChI=1S/C9H15N3O/c1-2-7(5-10)9(13)8-6-11-3-4-12-8/h3-4,6-7,9,13H,2,5,10H2,1H3. The van der Waals surface area contributed by atoms with Crippen LogP contribution in [-0.4, -0.2) is 21.6 Å². The number of aliphatic hydroxyl groups excluding tert-OH is 1. The minimum absolute atomic E-state index is 0.0664. The average Bonchev–Trinajstić information content (AvgIpc) is 2.21. The van der Waals surface area contributed by atoms with E-state index >= 15 is 0 Å². The summed E-state index contributed by atoms with van der Waals surface area (Å²) in [5.74, 6) is 0.0664. The lowest BCUT2D eigenvalue weighted by Gasteiger charge is -2.18. The molecule has 1 rings (SSSR count). The Hall–Kier alpha value is -1.00. The van der Waals surface area contributed by atoms with E-state index in [4.69, 9.17) is 5.73 Å². The van der Waals surface area contributed by atoms with Crippen LogP contribution in [0, 0.1) is 5.92 Å². The van der Waals surface area contributed by atoms with E-state index in [0.29, 0.717) is 12.2 Å². The molecular formula is C9H15N3O. The highest BCUT2D eigenvalue weighted by atomic mass is 16.3. The summed E-state index contributed by atoms with van der Waals surface area (Å²) in [7, 11) is 0. The Kier molecular flexibility index (Phi) is 3.79. The smallest absolute Gasteiger partial charge is 0.101 e. The van der Waals surface area contributed by atoms with Gasteiger partial charge in [0.25, 0.3) is 0 Å². The maximum Gasteiger partial charge on any atom is 0.101 e. The maximum absolute atomic E-state index is 9.80. The van der Waals surface area contributed by atoms with Crippen LogP contribution in [0.5, 0.6) is 0 Å². The lowest BCUT2D eigenvalue weighted by Crippen LogP contribution is -2.22. The quantitative estimate of drug-likeness (QED) is 0.709. The minimum Gasteiger partial charge on any atom is -0.386 e. The molecule has 2 unspecified atom stereocenters. The average molecular weight is 181 g/mol. The molecule has 0 aliphatic carbocycles. The molecule has 0 aromatic carbocycles. The molecule has 1 aromatic heterocycles. The van der Waals surface area contributed by atoms with Crippen LogP contribution in [0.3, 0.4) is 0 Å². The SMILES string of the molecule is CCC(CN)C(O)c1cnccn1. The predicted octanol–water partition coefficient (Wildman–Crippen LogP) is 0.495. The number of hydrogen-bond acceptors (Lipinski definition) is 4. The largest absolute Gasteiger partial charge is 0.386 e. The summed E-state index contributed by atoms with van der Waals surface area (Å²) in [6, 6.07) is 0. The van der Waals surface area contributed by atoms with Gasteiger partial charge < -0.3 is 10.8 Å². The van der Waals surface area contributed by atoms with Crippen molar-refractivity contribution in [3.8, 4) is 0 Å². The van der Waals surface area contributed by atoms with E-state index in [0.717, 1.165) is 6.42 Å². The summed E-state index contributed by atoms with van der Waals surface area (Å²) in [6.07, 6.45) is 4.97. The van der Waals surface area contributed by atoms with Crippen molar-refractivity contribution in [2.45, 2.75) is 19.4 Å². The number of hydrogen-bond donors (Lipinski definition) is 2. The second-order valence-electron chi connectivity index (χ2n) is 2.98. The first-order valence-corrected chi connectivity index (χ1v) is 4.43. The molecule has 0 amide bonds. The molecule has 1 aromatic rings. The van der Waals surface area contributed by atoms with Crippen molar-refractivity contribution in [3.63, 3.8) is 0 Å². The van der Waals surface area contributed by atoms with Gasteiger partial charge in [-0.15, -0.1) is 0 Å². The third-order valence-corrected chi connectivity index (χ3v) is 2.16. The number of aromatic nitrogens is 2. The minimum atomic E-state index is -0.594. The molecule has 2 atom stereocenters. The van der Waals surface area contributed by atoms with Crippen LogP contribution in [0.2, 0.25) is 0 Å². The van der Waals surface area contributed by atoms with Crippen molar-refractivity contribution in [1.82, 2.24) is 9.97 Å². The topological polar surface area (TPSA) is 72.0 Å². The molecule has 0 saturated carbocycles. The van der Waals surface area contributed by atoms with Gasteiger partial charge in [-0.1, -0.05) is 6.92 Å². The Labute approximate surface area is 77.8 Å². The molecule has 4 heteroatoms. The first-order valence-electron chi connectivity index (χ1n) is 4.43. The summed E-state index contributed by atoms with van der Waals surface area (Å²) in [6.45, 7) is 2.46. The fourth-order valence-corrected chi connectivity index (χ4v) is 1.22. The van der Waals surface area contributed by atoms with E-state index in [1.165, 1.54) is 0 Å². The summed E-state index contributed by atoms with van der Waals surface area (Å²) in [5, 5.41) is 9.80. The number of nitrogens with zero attached hydrogens (tertiary/aromatic N) is 2. The fraction of sp³-hybridized carbons (Fsp3) is 0.556. The first-order chi connectivity index (χ1) is 6.29. The van der Waals surface area contributed by atoms with E-state index in [-0.39, 0.29) is 5.92 Å². The Balaban J connectivity index is 2.72. The molecule has 1 heterocycles. The zero-order valence-electron chi connectivity index (χ0n) is 7.72. The van der Waals surface area contributed by atoms with E-state index in [1.807, 2.05) is 6.92 Å². The van der Waals surface area contributed by atoms with Gasteiger partial charge in [0.05, 0.1) is 11.9 Å². The van der Waals surface area contributed by atoms with Gasteiger partial charge in [-0.05, 0) is 13.0 Å². The molecule has 0 saturated heterocycles. The molecule has 0 aliphatic rings. The summed E-state index contributed by atoms with van der Waals surface area (Å²) < 4.78 is 0. The second-order valence-corrected chi connectivity index (χ2v) is 2.98. The first kappa shape index (κ1) is 10.1. The Bertz CT molecular complexity index is 236. The van der Waals surface area contributed by atoms with Crippen molar-refractivity contribution >= 4 is 0 Å². The van der Waals surface area contributed by atoms with E-state index in [2.05, 4.69) is 9.97 Å². The highest BCUT2D eigenvalue weighted by molar-refractivity contribution is 5.00. The summed E-state index contributed by atoms with van der Waals surface area (Å²) >= 11 is 0. The molecule has 0 aliphatic heterocycles. The number of nitrogens with two attached hydrogens (primary N) is 1. The van der Waals surface area contributed by atoms with Gasteiger partial charge in [-0.3, -0.25) is 9.97 Å². The van der Waals surface area contributed by atoms with Gasteiger partial charge in [0.1, 0.15) is 6.10 Å². The second kappa shape index (κ2) is 4.89. The van der Waals surface area contributed by atoms with Crippen LogP contribution in [0.4, 0.5) is 0 Å². The van der Waals surface area contributed by atoms with Crippen LogP contribution < -0.4 is 5.73 Å². The van der Waals surface area contributed by atoms with Crippen molar-refractivity contribution in [3.05, 3.63) is 24.3 Å². The molecule has 72 valence electrons. The number of aliphatic hydroxyl groups is 1. The van der Waals surface area contributed by atoms with Gasteiger partial charge >= 0.3 is 0 Å². The summed E-state index contributed by atoms with van der Waals surface area (Å²) in [4.78, 5) is 7.92. The third kappa shape index (κ3) is 2.47. The maximum atomic E-state index is 9.80. The molecular weight excluding hydrogens is 166 g/mol. The van der Waals surface area contributed by atoms with Crippen molar-refractivity contribution < 1.29 is 5.11 Å². The van der Waals surface area contributed by atoms with Gasteiger partial charge in [0.2, 0.25) is 0 Å². The normalized spacial score (nSPS) is 15.3. The van der Waals surface area contributed by atoms with Crippen molar-refractivity contribution in [2.75, 3.05) is 6.54 Å². The van der Waals surface area contributed by atoms with Crippen LogP contribution in [0.1, 0.15) is 25.1 Å². The summed E-state index contributed by atoms with van der Waals surface area (Å²) in [5.41, 5.74) is 6.11. The highest BCUT2D eigenvalue weighted by Crippen LogP contribution is 2.20. The van der Waals surface area contributed by atoms with Gasteiger partial charge in [-0.25, -0.2) is 0 Å². The van der Waals surface area contributed by atoms with E-state index < -0.39 is 6.10 Å². The Morgan fingerprint density at radius 2 is 2.31 bits per heavy atom. The monoisotopic (exact) mass is 181 g/mol. The Morgan fingerprint density at radius 3 is 2.77 bits per heavy atom. The fourth-order valence-electron chi connectivity index (χ4n) is 1.22. The highest BCUT2D eigenvalue weighted by Gasteiger charge is 2.18. The molecule has 3 N–H and O–H groups in total. The van der Waals surface area contributed by atoms with E-state index in [9.17, 15) is 5.11 Å². The van der Waals surface area contributed by atoms with Gasteiger partial charge in [-0.2, -0.15) is 0 Å². The zero-order chi connectivity index (χ0) is 9.68. The van der Waals surface area contributed by atoms with Crippen molar-refractivity contribution in [1.29, 1.82) is 0 Å². The Morgan fingerprint density at radius 1 is 1.54 bits per heavy atom. The molecule has 0 spiro atoms. The van der Waals surface area contributed by atoms with Crippen molar-refractivity contribution in [2.24, 2.45) is 11.7 Å². The van der Waals surface area contributed by atoms with Gasteiger partial charge in [0.15, 0.2) is 0 Å².